The average Bonchev–Trinajstić information content (AvgIpc) is 2.77. The minimum Gasteiger partial charge on any atom is -0.387 e. The molecule has 1 heterocycles. The van der Waals surface area contributed by atoms with Gasteiger partial charge in [0.1, 0.15) is 0 Å². The first kappa shape index (κ1) is 14.2. The molecule has 1 rings (SSSR count). The zero-order chi connectivity index (χ0) is 12.7. The average molecular weight is 240 g/mol. The molecule has 0 spiro atoms. The van der Waals surface area contributed by atoms with Crippen molar-refractivity contribution in [3.8, 4) is 0 Å². The van der Waals surface area contributed by atoms with Crippen LogP contribution in [0.5, 0.6) is 0 Å². The number of hydrogen-bond donors (Lipinski definition) is 1. The first-order valence-corrected chi connectivity index (χ1v) is 6.46. The lowest BCUT2D eigenvalue weighted by atomic mass is 10.1. The molecule has 98 valence electrons. The maximum Gasteiger partial charge on any atom is 0.0956 e. The van der Waals surface area contributed by atoms with Gasteiger partial charge in [-0.25, -0.2) is 0 Å². The Morgan fingerprint density at radius 3 is 2.76 bits per heavy atom. The van der Waals surface area contributed by atoms with E-state index in [9.17, 15) is 5.11 Å². The quantitative estimate of drug-likeness (QED) is 0.709. The Morgan fingerprint density at radius 1 is 1.41 bits per heavy atom. The van der Waals surface area contributed by atoms with Crippen molar-refractivity contribution in [2.45, 2.75) is 52.2 Å². The van der Waals surface area contributed by atoms with Crippen molar-refractivity contribution in [1.82, 2.24) is 9.78 Å². The van der Waals surface area contributed by atoms with Crippen molar-refractivity contribution >= 4 is 0 Å². The molecule has 1 unspecified atom stereocenters. The van der Waals surface area contributed by atoms with Crippen LogP contribution in [0.1, 0.15) is 50.6 Å². The topological polar surface area (TPSA) is 47.3 Å². The Hall–Kier alpha value is -0.870. The largest absolute Gasteiger partial charge is 0.387 e. The van der Waals surface area contributed by atoms with Crippen LogP contribution in [0.3, 0.4) is 0 Å². The van der Waals surface area contributed by atoms with Gasteiger partial charge in [-0.2, -0.15) is 5.10 Å². The van der Waals surface area contributed by atoms with E-state index in [0.717, 1.165) is 50.2 Å². The monoisotopic (exact) mass is 240 g/mol. The zero-order valence-corrected chi connectivity index (χ0v) is 11.1. The molecule has 0 aliphatic heterocycles. The number of ether oxygens (including phenoxy) is 1. The summed E-state index contributed by atoms with van der Waals surface area (Å²) in [5.41, 5.74) is 2.00. The number of nitrogens with zero attached hydrogens (tertiary/aromatic N) is 2. The minimum absolute atomic E-state index is 0.403. The van der Waals surface area contributed by atoms with Gasteiger partial charge in [0.05, 0.1) is 17.5 Å². The van der Waals surface area contributed by atoms with Gasteiger partial charge in [0, 0.05) is 20.3 Å². The fourth-order valence-electron chi connectivity index (χ4n) is 1.91. The Labute approximate surface area is 104 Å². The van der Waals surface area contributed by atoms with E-state index in [1.54, 1.807) is 7.11 Å². The normalized spacial score (nSPS) is 12.9. The fourth-order valence-corrected chi connectivity index (χ4v) is 1.91. The lowest BCUT2D eigenvalue weighted by molar-refractivity contribution is 0.143. The Bertz CT molecular complexity index is 323. The molecule has 0 saturated carbocycles. The van der Waals surface area contributed by atoms with E-state index < -0.39 is 6.10 Å². The van der Waals surface area contributed by atoms with E-state index in [4.69, 9.17) is 4.74 Å². The van der Waals surface area contributed by atoms with Crippen molar-refractivity contribution < 1.29 is 9.84 Å². The highest BCUT2D eigenvalue weighted by Gasteiger charge is 2.14. The van der Waals surface area contributed by atoms with Crippen LogP contribution in [0, 0.1) is 0 Å². The number of aromatic nitrogens is 2. The first-order valence-electron chi connectivity index (χ1n) is 6.46. The highest BCUT2D eigenvalue weighted by molar-refractivity contribution is 5.13. The lowest BCUT2D eigenvalue weighted by Gasteiger charge is -2.11. The lowest BCUT2D eigenvalue weighted by Crippen LogP contribution is -2.08. The molecule has 17 heavy (non-hydrogen) atoms. The van der Waals surface area contributed by atoms with Crippen LogP contribution in [0.25, 0.3) is 0 Å². The number of aliphatic hydroxyl groups is 1. The van der Waals surface area contributed by atoms with Crippen LogP contribution in [0.15, 0.2) is 6.07 Å². The molecule has 4 heteroatoms. The SMILES string of the molecule is CCc1cc(C(O)CCCCOC)n(CC)n1. The summed E-state index contributed by atoms with van der Waals surface area (Å²) < 4.78 is 6.90. The highest BCUT2D eigenvalue weighted by atomic mass is 16.5. The maximum atomic E-state index is 10.1. The van der Waals surface area contributed by atoms with Gasteiger partial charge in [0.2, 0.25) is 0 Å². The molecule has 1 aromatic heterocycles. The molecule has 1 N–H and O–H groups in total. The Balaban J connectivity index is 2.54. The van der Waals surface area contributed by atoms with Crippen molar-refractivity contribution in [3.05, 3.63) is 17.5 Å². The molecule has 0 aliphatic rings. The molecular weight excluding hydrogens is 216 g/mol. The van der Waals surface area contributed by atoms with E-state index in [-0.39, 0.29) is 0 Å². The molecule has 0 aromatic carbocycles. The number of unbranched alkanes of at least 4 members (excludes halogenated alkanes) is 1. The Morgan fingerprint density at radius 2 is 2.18 bits per heavy atom. The standard InChI is InChI=1S/C13H24N2O2/c1-4-11-10-12(15(5-2)14-11)13(16)8-6-7-9-17-3/h10,13,16H,4-9H2,1-3H3. The van der Waals surface area contributed by atoms with Crippen LogP contribution in [0.4, 0.5) is 0 Å². The summed E-state index contributed by atoms with van der Waals surface area (Å²) in [6.07, 6.45) is 3.26. The van der Waals surface area contributed by atoms with Crippen LogP contribution in [-0.2, 0) is 17.7 Å². The van der Waals surface area contributed by atoms with Crippen molar-refractivity contribution in [2.75, 3.05) is 13.7 Å². The molecule has 0 aliphatic carbocycles. The van der Waals surface area contributed by atoms with Crippen molar-refractivity contribution in [3.63, 3.8) is 0 Å². The summed E-state index contributed by atoms with van der Waals surface area (Å²) >= 11 is 0. The van der Waals surface area contributed by atoms with E-state index >= 15 is 0 Å². The van der Waals surface area contributed by atoms with Crippen LogP contribution < -0.4 is 0 Å². The molecule has 0 fully saturated rings. The van der Waals surface area contributed by atoms with E-state index in [1.165, 1.54) is 0 Å². The molecule has 4 nitrogen and oxygen atoms in total. The second-order valence-electron chi connectivity index (χ2n) is 4.23. The van der Waals surface area contributed by atoms with Crippen molar-refractivity contribution in [2.24, 2.45) is 0 Å². The predicted molar refractivity (Wildman–Crippen MR) is 68.0 cm³/mol. The molecule has 0 radical (unpaired) electrons. The molecular formula is C13H24N2O2. The fraction of sp³-hybridized carbons (Fsp3) is 0.769. The van der Waals surface area contributed by atoms with Gasteiger partial charge in [-0.1, -0.05) is 6.92 Å². The van der Waals surface area contributed by atoms with Crippen LogP contribution in [0.2, 0.25) is 0 Å². The minimum atomic E-state index is -0.403. The van der Waals surface area contributed by atoms with Gasteiger partial charge >= 0.3 is 0 Å². The smallest absolute Gasteiger partial charge is 0.0956 e. The first-order chi connectivity index (χ1) is 8.22. The zero-order valence-electron chi connectivity index (χ0n) is 11.1. The van der Waals surface area contributed by atoms with Gasteiger partial charge in [-0.05, 0) is 38.7 Å². The molecule has 0 amide bonds. The maximum absolute atomic E-state index is 10.1. The number of aliphatic hydroxyl groups excluding tert-OH is 1. The van der Waals surface area contributed by atoms with Crippen LogP contribution >= 0.6 is 0 Å². The second-order valence-corrected chi connectivity index (χ2v) is 4.23. The molecule has 1 aromatic rings. The second kappa shape index (κ2) is 7.45. The number of aryl methyl sites for hydroxylation is 2. The molecule has 0 saturated heterocycles. The van der Waals surface area contributed by atoms with Gasteiger partial charge in [0.15, 0.2) is 0 Å². The van der Waals surface area contributed by atoms with E-state index in [1.807, 2.05) is 17.7 Å². The summed E-state index contributed by atoms with van der Waals surface area (Å²) in [7, 11) is 1.70. The van der Waals surface area contributed by atoms with Gasteiger partial charge < -0.3 is 9.84 Å². The summed E-state index contributed by atoms with van der Waals surface area (Å²) in [4.78, 5) is 0. The summed E-state index contributed by atoms with van der Waals surface area (Å²) in [5.74, 6) is 0. The summed E-state index contributed by atoms with van der Waals surface area (Å²) in [6.45, 7) is 5.70. The van der Waals surface area contributed by atoms with Crippen molar-refractivity contribution in [1.29, 1.82) is 0 Å². The number of hydrogen-bond acceptors (Lipinski definition) is 3. The molecule has 1 atom stereocenters. The predicted octanol–water partition coefficient (Wildman–Crippen LogP) is 2.32. The Kier molecular flexibility index (Phi) is 6.22. The van der Waals surface area contributed by atoms with E-state index in [0.29, 0.717) is 0 Å². The van der Waals surface area contributed by atoms with E-state index in [2.05, 4.69) is 12.0 Å². The van der Waals surface area contributed by atoms with Crippen LogP contribution in [-0.4, -0.2) is 28.6 Å². The molecule has 0 bridgehead atoms. The van der Waals surface area contributed by atoms with Gasteiger partial charge in [-0.15, -0.1) is 0 Å². The number of rotatable bonds is 8. The van der Waals surface area contributed by atoms with Gasteiger partial charge in [0.25, 0.3) is 0 Å². The summed E-state index contributed by atoms with van der Waals surface area (Å²) in [5, 5.41) is 14.6. The van der Waals surface area contributed by atoms with Gasteiger partial charge in [-0.3, -0.25) is 4.68 Å². The summed E-state index contributed by atoms with van der Waals surface area (Å²) in [6, 6.07) is 2.02. The third-order valence-corrected chi connectivity index (χ3v) is 2.94. The number of methoxy groups -OCH3 is 1. The third-order valence-electron chi connectivity index (χ3n) is 2.94. The third kappa shape index (κ3) is 4.13. The highest BCUT2D eigenvalue weighted by Crippen LogP contribution is 2.20.